The molecule has 0 radical (unpaired) electrons. The molecule has 0 unspecified atom stereocenters. The van der Waals surface area contributed by atoms with Gasteiger partial charge in [-0.15, -0.1) is 0 Å². The van der Waals surface area contributed by atoms with E-state index in [-0.39, 0.29) is 12.0 Å². The topological polar surface area (TPSA) is 45.5 Å². The Morgan fingerprint density at radius 1 is 1.28 bits per heavy atom. The fourth-order valence-electron chi connectivity index (χ4n) is 4.31. The van der Waals surface area contributed by atoms with E-state index in [4.69, 9.17) is 9.47 Å². The normalized spacial score (nSPS) is 27.8. The minimum atomic E-state index is -0.600. The van der Waals surface area contributed by atoms with E-state index in [0.29, 0.717) is 6.61 Å². The van der Waals surface area contributed by atoms with Crippen LogP contribution in [0.5, 0.6) is 11.5 Å². The maximum atomic E-state index is 10.2. The van der Waals surface area contributed by atoms with Gasteiger partial charge >= 0.3 is 0 Å². The molecule has 4 rings (SSSR count). The lowest BCUT2D eigenvalue weighted by molar-refractivity contribution is 0.107. The Kier molecular flexibility index (Phi) is 3.98. The van der Waals surface area contributed by atoms with E-state index in [0.717, 1.165) is 33.6 Å². The fraction of sp³-hybridized carbons (Fsp3) is 0.350. The third-order valence-corrected chi connectivity index (χ3v) is 5.97. The summed E-state index contributed by atoms with van der Waals surface area (Å²) in [5.74, 6) is 1.79. The van der Waals surface area contributed by atoms with Gasteiger partial charge in [0, 0.05) is 22.5 Å². The van der Waals surface area contributed by atoms with Crippen LogP contribution in [0.3, 0.4) is 0 Å². The summed E-state index contributed by atoms with van der Waals surface area (Å²) in [6.07, 6.45) is 0. The second kappa shape index (κ2) is 6.05. The monoisotopic (exact) mass is 398 g/mol. The van der Waals surface area contributed by atoms with Gasteiger partial charge in [-0.25, -0.2) is 0 Å². The molecule has 2 aliphatic heterocycles. The van der Waals surface area contributed by atoms with E-state index in [1.807, 2.05) is 24.3 Å². The summed E-state index contributed by atoms with van der Waals surface area (Å²) in [6, 6.07) is 16.7. The number of likely N-dealkylation sites (N-methyl/N-ethyl adjacent to an activating group) is 1. The first kappa shape index (κ1) is 16.4. The van der Waals surface area contributed by atoms with Gasteiger partial charge in [0.2, 0.25) is 0 Å². The summed E-state index contributed by atoms with van der Waals surface area (Å²) in [5, 5.41) is 10.2. The molecule has 128 valence electrons. The van der Waals surface area contributed by atoms with Gasteiger partial charge in [0.05, 0.1) is 19.2 Å². The van der Waals surface area contributed by atoms with Crippen LogP contribution < -0.4 is 9.47 Å². The van der Waals surface area contributed by atoms with Crippen LogP contribution in [0.25, 0.3) is 0 Å². The number of nitriles is 1. The van der Waals surface area contributed by atoms with Crippen LogP contribution in [0.4, 0.5) is 0 Å². The number of methoxy groups -OCH3 is 1. The Morgan fingerprint density at radius 3 is 2.72 bits per heavy atom. The number of benzene rings is 2. The number of halogens is 1. The largest absolute Gasteiger partial charge is 0.497 e. The first-order valence-electron chi connectivity index (χ1n) is 8.27. The molecule has 0 aliphatic carbocycles. The predicted molar refractivity (Wildman–Crippen MR) is 98.8 cm³/mol. The summed E-state index contributed by atoms with van der Waals surface area (Å²) in [6.45, 7) is 1.23. The van der Waals surface area contributed by atoms with Crippen LogP contribution in [0.15, 0.2) is 46.9 Å². The van der Waals surface area contributed by atoms with Gasteiger partial charge in [-0.1, -0.05) is 28.1 Å². The van der Waals surface area contributed by atoms with Crippen molar-refractivity contribution in [1.82, 2.24) is 4.90 Å². The molecular weight excluding hydrogens is 380 g/mol. The van der Waals surface area contributed by atoms with Crippen LogP contribution in [0, 0.1) is 16.7 Å². The zero-order valence-corrected chi connectivity index (χ0v) is 15.8. The van der Waals surface area contributed by atoms with Gasteiger partial charge in [-0.3, -0.25) is 4.90 Å². The summed E-state index contributed by atoms with van der Waals surface area (Å²) in [4.78, 5) is 2.28. The van der Waals surface area contributed by atoms with Gasteiger partial charge < -0.3 is 9.47 Å². The zero-order chi connectivity index (χ0) is 17.6. The molecule has 0 aromatic heterocycles. The third-order valence-electron chi connectivity index (χ3n) is 5.48. The van der Waals surface area contributed by atoms with E-state index in [1.165, 1.54) is 0 Å². The van der Waals surface area contributed by atoms with E-state index >= 15 is 0 Å². The Labute approximate surface area is 156 Å². The second-order valence-corrected chi connectivity index (χ2v) is 7.71. The third kappa shape index (κ3) is 2.44. The average Bonchev–Trinajstić information content (AvgIpc) is 2.95. The standard InChI is InChI=1S/C20H19BrN2O2/c1-23-10-17(13-3-6-15(24-2)7-4-13)20(11-22)12-25-18-8-5-14(21)9-16(18)19(20)23/h3-9,17,19H,10,12H2,1-2H3/t17-,19+,20+/m0/s1. The molecule has 2 aromatic carbocycles. The number of ether oxygens (including phenoxy) is 2. The van der Waals surface area contributed by atoms with Crippen molar-refractivity contribution in [2.24, 2.45) is 5.41 Å². The van der Waals surface area contributed by atoms with Crippen molar-refractivity contribution in [3.63, 3.8) is 0 Å². The molecule has 2 aromatic rings. The summed E-state index contributed by atoms with van der Waals surface area (Å²) in [5.41, 5.74) is 1.64. The minimum absolute atomic E-state index is 0.0193. The molecule has 25 heavy (non-hydrogen) atoms. The van der Waals surface area contributed by atoms with Gasteiger partial charge in [0.25, 0.3) is 0 Å². The van der Waals surface area contributed by atoms with Crippen molar-refractivity contribution in [2.75, 3.05) is 27.3 Å². The molecule has 2 heterocycles. The molecule has 2 aliphatic rings. The van der Waals surface area contributed by atoms with Crippen LogP contribution >= 0.6 is 15.9 Å². The Morgan fingerprint density at radius 2 is 2.04 bits per heavy atom. The molecule has 5 heteroatoms. The van der Waals surface area contributed by atoms with Crippen molar-refractivity contribution in [3.8, 4) is 17.6 Å². The number of hydrogen-bond donors (Lipinski definition) is 0. The lowest BCUT2D eigenvalue weighted by Gasteiger charge is -2.39. The van der Waals surface area contributed by atoms with Crippen molar-refractivity contribution in [3.05, 3.63) is 58.1 Å². The van der Waals surface area contributed by atoms with Crippen LogP contribution in [0.1, 0.15) is 23.1 Å². The number of rotatable bonds is 2. The van der Waals surface area contributed by atoms with E-state index in [2.05, 4.69) is 52.1 Å². The first-order valence-corrected chi connectivity index (χ1v) is 9.06. The molecule has 0 saturated carbocycles. The van der Waals surface area contributed by atoms with Gasteiger partial charge in [0.1, 0.15) is 23.5 Å². The number of hydrogen-bond acceptors (Lipinski definition) is 4. The second-order valence-electron chi connectivity index (χ2n) is 6.79. The molecule has 1 fully saturated rings. The fourth-order valence-corrected chi connectivity index (χ4v) is 4.69. The SMILES string of the molecule is COc1ccc([C@@H]2CN(C)[C@@H]3c4cc(Br)ccc4OC[C@]23C#N)cc1. The predicted octanol–water partition coefficient (Wildman–Crippen LogP) is 4.13. The Balaban J connectivity index is 1.81. The Bertz CT molecular complexity index is 846. The zero-order valence-electron chi connectivity index (χ0n) is 14.2. The van der Waals surface area contributed by atoms with Crippen LogP contribution in [-0.2, 0) is 0 Å². The van der Waals surface area contributed by atoms with Gasteiger partial charge in [-0.05, 0) is 42.9 Å². The maximum Gasteiger partial charge on any atom is 0.124 e. The van der Waals surface area contributed by atoms with Gasteiger partial charge in [-0.2, -0.15) is 5.26 Å². The highest BCUT2D eigenvalue weighted by Gasteiger charge is 2.58. The highest BCUT2D eigenvalue weighted by Crippen LogP contribution is 2.58. The maximum absolute atomic E-state index is 10.2. The van der Waals surface area contributed by atoms with Crippen molar-refractivity contribution >= 4 is 15.9 Å². The van der Waals surface area contributed by atoms with Crippen molar-refractivity contribution in [2.45, 2.75) is 12.0 Å². The molecule has 0 N–H and O–H groups in total. The number of likely N-dealkylation sites (tertiary alicyclic amines) is 1. The lowest BCUT2D eigenvalue weighted by Crippen LogP contribution is -2.40. The highest BCUT2D eigenvalue weighted by molar-refractivity contribution is 9.10. The van der Waals surface area contributed by atoms with E-state index < -0.39 is 5.41 Å². The molecule has 0 spiro atoms. The summed E-state index contributed by atoms with van der Waals surface area (Å²) < 4.78 is 12.3. The number of nitrogens with zero attached hydrogens (tertiary/aromatic N) is 2. The first-order chi connectivity index (χ1) is 12.1. The highest BCUT2D eigenvalue weighted by atomic mass is 79.9. The minimum Gasteiger partial charge on any atom is -0.497 e. The lowest BCUT2D eigenvalue weighted by atomic mass is 9.69. The molecule has 4 nitrogen and oxygen atoms in total. The average molecular weight is 399 g/mol. The van der Waals surface area contributed by atoms with E-state index in [1.54, 1.807) is 7.11 Å². The molecule has 1 saturated heterocycles. The smallest absolute Gasteiger partial charge is 0.124 e. The molecule has 3 atom stereocenters. The Hall–Kier alpha value is -2.03. The van der Waals surface area contributed by atoms with Crippen LogP contribution in [-0.4, -0.2) is 32.2 Å². The molecule has 0 bridgehead atoms. The summed E-state index contributed by atoms with van der Waals surface area (Å²) in [7, 11) is 3.76. The molecular formula is C20H19BrN2O2. The number of fused-ring (bicyclic) bond motifs is 3. The van der Waals surface area contributed by atoms with Crippen LogP contribution in [0.2, 0.25) is 0 Å². The summed E-state index contributed by atoms with van der Waals surface area (Å²) >= 11 is 3.55. The van der Waals surface area contributed by atoms with Gasteiger partial charge in [0.15, 0.2) is 0 Å². The quantitative estimate of drug-likeness (QED) is 0.762. The van der Waals surface area contributed by atoms with Crippen molar-refractivity contribution in [1.29, 1.82) is 5.26 Å². The van der Waals surface area contributed by atoms with Crippen molar-refractivity contribution < 1.29 is 9.47 Å². The van der Waals surface area contributed by atoms with E-state index in [9.17, 15) is 5.26 Å². The molecule has 0 amide bonds.